The van der Waals surface area contributed by atoms with E-state index < -0.39 is 11.7 Å². The minimum Gasteiger partial charge on any atom is -0.466 e. The Hall–Kier alpha value is -1.56. The lowest BCUT2D eigenvalue weighted by Crippen LogP contribution is -2.27. The molecule has 6 heteroatoms. The summed E-state index contributed by atoms with van der Waals surface area (Å²) in [5.74, 6) is -0.199. The Morgan fingerprint density at radius 2 is 1.74 bits per heavy atom. The van der Waals surface area contributed by atoms with Crippen molar-refractivity contribution in [1.29, 1.82) is 0 Å². The van der Waals surface area contributed by atoms with Crippen molar-refractivity contribution >= 4 is 5.97 Å². The van der Waals surface area contributed by atoms with Gasteiger partial charge in [-0.2, -0.15) is 13.2 Å². The Bertz CT molecular complexity index is 503. The Balaban J connectivity index is 1.76. The van der Waals surface area contributed by atoms with E-state index in [1.807, 2.05) is 0 Å². The van der Waals surface area contributed by atoms with Gasteiger partial charge in [0.05, 0.1) is 30.8 Å². The van der Waals surface area contributed by atoms with Gasteiger partial charge < -0.3 is 9.47 Å². The summed E-state index contributed by atoms with van der Waals surface area (Å²) in [6, 6.07) is 5.01. The van der Waals surface area contributed by atoms with Crippen molar-refractivity contribution in [3.05, 3.63) is 35.4 Å². The highest BCUT2D eigenvalue weighted by molar-refractivity contribution is 5.72. The average molecular weight is 330 g/mol. The lowest BCUT2D eigenvalue weighted by Gasteiger charge is -2.27. The lowest BCUT2D eigenvalue weighted by molar-refractivity contribution is -0.150. The molecule has 128 valence electrons. The number of esters is 1. The predicted octanol–water partition coefficient (Wildman–Crippen LogP) is 4.34. The summed E-state index contributed by atoms with van der Waals surface area (Å²) < 4.78 is 48.2. The third-order valence-electron chi connectivity index (χ3n) is 4.06. The minimum absolute atomic E-state index is 0.0444. The number of hydrogen-bond donors (Lipinski definition) is 0. The van der Waals surface area contributed by atoms with E-state index in [0.29, 0.717) is 12.2 Å². The number of halogens is 3. The molecular weight excluding hydrogens is 309 g/mol. The number of alkyl halides is 3. The molecule has 1 aliphatic rings. The van der Waals surface area contributed by atoms with Crippen molar-refractivity contribution in [2.45, 2.75) is 51.5 Å². The molecule has 0 bridgehead atoms. The first-order valence-corrected chi connectivity index (χ1v) is 7.84. The number of carbonyl (C=O) groups is 1. The molecule has 1 aliphatic carbocycles. The van der Waals surface area contributed by atoms with E-state index in [1.165, 1.54) is 12.1 Å². The van der Waals surface area contributed by atoms with Gasteiger partial charge in [-0.1, -0.05) is 12.1 Å². The second-order valence-corrected chi connectivity index (χ2v) is 5.73. The first kappa shape index (κ1) is 17.8. The molecule has 1 aromatic rings. The highest BCUT2D eigenvalue weighted by atomic mass is 19.4. The van der Waals surface area contributed by atoms with Gasteiger partial charge in [0, 0.05) is 0 Å². The van der Waals surface area contributed by atoms with Crippen LogP contribution in [0.2, 0.25) is 0 Å². The van der Waals surface area contributed by atoms with Gasteiger partial charge >= 0.3 is 12.1 Å². The van der Waals surface area contributed by atoms with E-state index in [9.17, 15) is 18.0 Å². The van der Waals surface area contributed by atoms with Crippen LogP contribution in [0.4, 0.5) is 13.2 Å². The summed E-state index contributed by atoms with van der Waals surface area (Å²) in [5.41, 5.74) is 0.0571. The summed E-state index contributed by atoms with van der Waals surface area (Å²) in [6.07, 6.45) is -1.27. The number of rotatable bonds is 5. The molecule has 0 heterocycles. The van der Waals surface area contributed by atoms with E-state index in [1.54, 1.807) is 6.92 Å². The molecule has 23 heavy (non-hydrogen) atoms. The van der Waals surface area contributed by atoms with Crippen molar-refractivity contribution in [3.8, 4) is 0 Å². The van der Waals surface area contributed by atoms with Gasteiger partial charge in [-0.05, 0) is 50.3 Å². The summed E-state index contributed by atoms with van der Waals surface area (Å²) in [5, 5.41) is 0. The van der Waals surface area contributed by atoms with E-state index >= 15 is 0 Å². The van der Waals surface area contributed by atoms with Gasteiger partial charge in [0.15, 0.2) is 0 Å². The summed E-state index contributed by atoms with van der Waals surface area (Å²) in [4.78, 5) is 11.6. The van der Waals surface area contributed by atoms with Crippen molar-refractivity contribution in [2.75, 3.05) is 6.61 Å². The summed E-state index contributed by atoms with van der Waals surface area (Å²) >= 11 is 0. The van der Waals surface area contributed by atoms with Crippen molar-refractivity contribution in [2.24, 2.45) is 5.92 Å². The zero-order chi connectivity index (χ0) is 16.9. The second kappa shape index (κ2) is 7.81. The maximum Gasteiger partial charge on any atom is 0.416 e. The lowest BCUT2D eigenvalue weighted by atomic mass is 9.87. The molecule has 0 amide bonds. The molecule has 0 spiro atoms. The molecule has 0 saturated heterocycles. The minimum atomic E-state index is -4.31. The maximum atomic E-state index is 12.5. The van der Waals surface area contributed by atoms with Crippen molar-refractivity contribution in [1.82, 2.24) is 0 Å². The topological polar surface area (TPSA) is 35.5 Å². The van der Waals surface area contributed by atoms with Gasteiger partial charge in [0.1, 0.15) is 0 Å². The summed E-state index contributed by atoms with van der Waals surface area (Å²) in [6.45, 7) is 2.47. The van der Waals surface area contributed by atoms with E-state index in [2.05, 4.69) is 0 Å². The van der Waals surface area contributed by atoms with Crippen LogP contribution in [0.1, 0.15) is 43.7 Å². The predicted molar refractivity (Wildman–Crippen MR) is 78.6 cm³/mol. The van der Waals surface area contributed by atoms with Crippen molar-refractivity contribution in [3.63, 3.8) is 0 Å². The van der Waals surface area contributed by atoms with Gasteiger partial charge in [0.2, 0.25) is 0 Å². The number of carbonyl (C=O) groups excluding carboxylic acids is 1. The average Bonchev–Trinajstić information content (AvgIpc) is 2.53. The van der Waals surface area contributed by atoms with Crippen LogP contribution in [-0.2, 0) is 27.1 Å². The third-order valence-corrected chi connectivity index (χ3v) is 4.06. The zero-order valence-electron chi connectivity index (χ0n) is 13.1. The normalized spacial score (nSPS) is 21.9. The monoisotopic (exact) mass is 330 g/mol. The van der Waals surface area contributed by atoms with Crippen LogP contribution >= 0.6 is 0 Å². The van der Waals surface area contributed by atoms with Gasteiger partial charge in [-0.25, -0.2) is 0 Å². The highest BCUT2D eigenvalue weighted by Gasteiger charge is 2.30. The molecule has 3 nitrogen and oxygen atoms in total. The van der Waals surface area contributed by atoms with Crippen LogP contribution in [0.25, 0.3) is 0 Å². The third kappa shape index (κ3) is 5.23. The maximum absolute atomic E-state index is 12.5. The fraction of sp³-hybridized carbons (Fsp3) is 0.588. The number of hydrogen-bond acceptors (Lipinski definition) is 3. The molecule has 0 unspecified atom stereocenters. The van der Waals surface area contributed by atoms with E-state index in [0.717, 1.165) is 37.8 Å². The quantitative estimate of drug-likeness (QED) is 0.753. The molecule has 1 fully saturated rings. The van der Waals surface area contributed by atoms with Crippen LogP contribution in [0.5, 0.6) is 0 Å². The molecule has 0 atom stereocenters. The van der Waals surface area contributed by atoms with Crippen LogP contribution in [-0.4, -0.2) is 18.7 Å². The fourth-order valence-corrected chi connectivity index (χ4v) is 2.73. The second-order valence-electron chi connectivity index (χ2n) is 5.73. The number of benzene rings is 1. The fourth-order valence-electron chi connectivity index (χ4n) is 2.73. The van der Waals surface area contributed by atoms with Crippen LogP contribution in [0.3, 0.4) is 0 Å². The van der Waals surface area contributed by atoms with Crippen LogP contribution < -0.4 is 0 Å². The van der Waals surface area contributed by atoms with E-state index in [4.69, 9.17) is 9.47 Å². The number of ether oxygens (including phenoxy) is 2. The molecule has 0 N–H and O–H groups in total. The Morgan fingerprint density at radius 3 is 2.26 bits per heavy atom. The molecular formula is C17H21F3O3. The van der Waals surface area contributed by atoms with Crippen LogP contribution in [0, 0.1) is 5.92 Å². The zero-order valence-corrected chi connectivity index (χ0v) is 13.1. The van der Waals surface area contributed by atoms with Gasteiger partial charge in [-0.15, -0.1) is 0 Å². The SMILES string of the molecule is CCOC(=O)[C@H]1CC[C@H](OCc2ccc(C(F)(F)F)cc2)CC1. The molecule has 0 aliphatic heterocycles. The Kier molecular flexibility index (Phi) is 6.04. The first-order chi connectivity index (χ1) is 10.9. The smallest absolute Gasteiger partial charge is 0.416 e. The standard InChI is InChI=1S/C17H21F3O3/c1-2-22-16(21)13-5-9-15(10-6-13)23-11-12-3-7-14(8-4-12)17(18,19)20/h3-4,7-8,13,15H,2,5-6,9-11H2,1H3/t13-,15-. The largest absolute Gasteiger partial charge is 0.466 e. The van der Waals surface area contributed by atoms with Gasteiger partial charge in [0.25, 0.3) is 0 Å². The van der Waals surface area contributed by atoms with Crippen molar-refractivity contribution < 1.29 is 27.4 Å². The highest BCUT2D eigenvalue weighted by Crippen LogP contribution is 2.30. The van der Waals surface area contributed by atoms with Crippen LogP contribution in [0.15, 0.2) is 24.3 Å². The Morgan fingerprint density at radius 1 is 1.13 bits per heavy atom. The molecule has 1 saturated carbocycles. The molecule has 2 rings (SSSR count). The first-order valence-electron chi connectivity index (χ1n) is 7.84. The summed E-state index contributed by atoms with van der Waals surface area (Å²) in [7, 11) is 0. The molecule has 1 aromatic carbocycles. The Labute approximate surface area is 133 Å². The molecule has 0 aromatic heterocycles. The van der Waals surface area contributed by atoms with Gasteiger partial charge in [-0.3, -0.25) is 4.79 Å². The molecule has 0 radical (unpaired) electrons. The van der Waals surface area contributed by atoms with E-state index in [-0.39, 0.29) is 24.6 Å².